The van der Waals surface area contributed by atoms with E-state index in [1.165, 1.54) is 0 Å². The number of alkyl carbamates (subject to hydrolysis) is 1. The van der Waals surface area contributed by atoms with Crippen LogP contribution < -0.4 is 15.4 Å². The maximum atomic E-state index is 12.9. The number of methoxy groups -OCH3 is 1. The van der Waals surface area contributed by atoms with E-state index in [4.69, 9.17) is 9.47 Å². The van der Waals surface area contributed by atoms with Crippen LogP contribution in [0.2, 0.25) is 0 Å². The predicted molar refractivity (Wildman–Crippen MR) is 113 cm³/mol. The molecule has 2 aromatic carbocycles. The Kier molecular flexibility index (Phi) is 7.65. The van der Waals surface area contributed by atoms with Gasteiger partial charge in [0.1, 0.15) is 11.4 Å². The van der Waals surface area contributed by atoms with E-state index in [-0.39, 0.29) is 18.5 Å². The summed E-state index contributed by atoms with van der Waals surface area (Å²) in [6.07, 6.45) is 0.215. The van der Waals surface area contributed by atoms with Gasteiger partial charge in [0.05, 0.1) is 13.2 Å². The Morgan fingerprint density at radius 2 is 1.79 bits per heavy atom. The van der Waals surface area contributed by atoms with Gasteiger partial charge in [0, 0.05) is 12.1 Å². The maximum absolute atomic E-state index is 12.9. The van der Waals surface area contributed by atoms with Crippen molar-refractivity contribution in [3.8, 4) is 5.75 Å². The predicted octanol–water partition coefficient (Wildman–Crippen LogP) is 4.60. The first-order valence-electron chi connectivity index (χ1n) is 9.73. The molecule has 2 amide bonds. The van der Waals surface area contributed by atoms with Crippen LogP contribution in [0.5, 0.6) is 5.75 Å². The van der Waals surface area contributed by atoms with Crippen molar-refractivity contribution in [1.82, 2.24) is 10.6 Å². The van der Waals surface area contributed by atoms with Crippen molar-refractivity contribution in [1.29, 1.82) is 0 Å². The maximum Gasteiger partial charge on any atom is 0.407 e. The summed E-state index contributed by atoms with van der Waals surface area (Å²) in [7, 11) is 1.62. The number of rotatable bonds is 7. The minimum atomic E-state index is -0.577. The molecule has 0 aromatic heterocycles. The molecule has 156 valence electrons. The van der Waals surface area contributed by atoms with Gasteiger partial charge in [-0.1, -0.05) is 37.3 Å². The normalized spacial score (nSPS) is 12.0. The fourth-order valence-corrected chi connectivity index (χ4v) is 2.89. The molecule has 0 fully saturated rings. The highest BCUT2D eigenvalue weighted by Crippen LogP contribution is 2.22. The second-order valence-corrected chi connectivity index (χ2v) is 7.72. The summed E-state index contributed by atoms with van der Waals surface area (Å²) in [5.74, 6) is 0.554. The van der Waals surface area contributed by atoms with Gasteiger partial charge in [-0.05, 0) is 56.5 Å². The van der Waals surface area contributed by atoms with Crippen LogP contribution >= 0.6 is 0 Å². The molecule has 0 saturated carbocycles. The van der Waals surface area contributed by atoms with Crippen LogP contribution in [0.4, 0.5) is 4.79 Å². The summed E-state index contributed by atoms with van der Waals surface area (Å²) < 4.78 is 10.5. The molecule has 2 aromatic rings. The van der Waals surface area contributed by atoms with Crippen molar-refractivity contribution >= 4 is 12.0 Å². The molecule has 0 aliphatic carbocycles. The van der Waals surface area contributed by atoms with Gasteiger partial charge < -0.3 is 20.1 Å². The van der Waals surface area contributed by atoms with Gasteiger partial charge in [-0.15, -0.1) is 0 Å². The molecule has 0 radical (unpaired) electrons. The van der Waals surface area contributed by atoms with Crippen LogP contribution in [0.3, 0.4) is 0 Å². The number of ether oxygens (including phenoxy) is 2. The van der Waals surface area contributed by atoms with Gasteiger partial charge >= 0.3 is 6.09 Å². The topological polar surface area (TPSA) is 76.7 Å². The summed E-state index contributed by atoms with van der Waals surface area (Å²) >= 11 is 0. The number of carbonyl (C=O) groups excluding carboxylic acids is 2. The molecule has 0 heterocycles. The van der Waals surface area contributed by atoms with Crippen molar-refractivity contribution in [3.05, 3.63) is 65.2 Å². The van der Waals surface area contributed by atoms with E-state index in [0.717, 1.165) is 23.3 Å². The van der Waals surface area contributed by atoms with Crippen molar-refractivity contribution in [3.63, 3.8) is 0 Å². The monoisotopic (exact) mass is 398 g/mol. The van der Waals surface area contributed by atoms with Crippen LogP contribution in [0.15, 0.2) is 48.5 Å². The van der Waals surface area contributed by atoms with Gasteiger partial charge in [-0.25, -0.2) is 4.79 Å². The molecule has 1 atom stereocenters. The zero-order valence-corrected chi connectivity index (χ0v) is 17.7. The Balaban J connectivity index is 2.11. The van der Waals surface area contributed by atoms with E-state index in [1.54, 1.807) is 40.0 Å². The molecular formula is C23H30N2O4. The van der Waals surface area contributed by atoms with Crippen LogP contribution in [-0.2, 0) is 11.3 Å². The van der Waals surface area contributed by atoms with Crippen LogP contribution in [0.25, 0.3) is 0 Å². The van der Waals surface area contributed by atoms with Crippen LogP contribution in [0, 0.1) is 0 Å². The van der Waals surface area contributed by atoms with E-state index in [2.05, 4.69) is 10.6 Å². The third kappa shape index (κ3) is 6.82. The highest BCUT2D eigenvalue weighted by molar-refractivity contribution is 5.96. The van der Waals surface area contributed by atoms with Gasteiger partial charge in [-0.3, -0.25) is 4.79 Å². The van der Waals surface area contributed by atoms with E-state index in [1.807, 2.05) is 43.3 Å². The average molecular weight is 399 g/mol. The zero-order chi connectivity index (χ0) is 21.4. The third-order valence-electron chi connectivity index (χ3n) is 4.29. The van der Waals surface area contributed by atoms with Crippen LogP contribution in [-0.4, -0.2) is 24.7 Å². The second kappa shape index (κ2) is 9.96. The molecule has 2 N–H and O–H groups in total. The largest absolute Gasteiger partial charge is 0.497 e. The molecule has 0 spiro atoms. The Labute approximate surface area is 172 Å². The fraction of sp³-hybridized carbons (Fsp3) is 0.391. The lowest BCUT2D eigenvalue weighted by atomic mass is 10.0. The number of hydrogen-bond acceptors (Lipinski definition) is 4. The molecule has 0 saturated heterocycles. The SMILES string of the molecule is CC[C@@H](NC(=O)c1ccccc1CNC(=O)OC(C)(C)C)c1cccc(OC)c1. The second-order valence-electron chi connectivity index (χ2n) is 7.72. The van der Waals surface area contributed by atoms with Gasteiger partial charge in [0.25, 0.3) is 5.91 Å². The van der Waals surface area contributed by atoms with Crippen molar-refractivity contribution in [2.45, 2.75) is 52.3 Å². The number of hydrogen-bond donors (Lipinski definition) is 2. The minimum Gasteiger partial charge on any atom is -0.497 e. The molecule has 29 heavy (non-hydrogen) atoms. The van der Waals surface area contributed by atoms with Crippen molar-refractivity contribution in [2.75, 3.05) is 7.11 Å². The van der Waals surface area contributed by atoms with Crippen LogP contribution in [0.1, 0.15) is 61.6 Å². The highest BCUT2D eigenvalue weighted by Gasteiger charge is 2.19. The summed E-state index contributed by atoms with van der Waals surface area (Å²) in [4.78, 5) is 24.9. The zero-order valence-electron chi connectivity index (χ0n) is 17.7. The first-order valence-corrected chi connectivity index (χ1v) is 9.73. The molecule has 6 nitrogen and oxygen atoms in total. The molecule has 0 unspecified atom stereocenters. The summed E-state index contributed by atoms with van der Waals surface area (Å²) in [5, 5.41) is 5.79. The van der Waals surface area contributed by atoms with Gasteiger partial charge in [0.2, 0.25) is 0 Å². The minimum absolute atomic E-state index is 0.149. The molecule has 0 bridgehead atoms. The highest BCUT2D eigenvalue weighted by atomic mass is 16.6. The first-order chi connectivity index (χ1) is 13.7. The van der Waals surface area contributed by atoms with E-state index < -0.39 is 11.7 Å². The summed E-state index contributed by atoms with van der Waals surface area (Å²) in [6, 6.07) is 14.7. The molecule has 0 aliphatic heterocycles. The molecular weight excluding hydrogens is 368 g/mol. The van der Waals surface area contributed by atoms with Gasteiger partial charge in [0.15, 0.2) is 0 Å². The lowest BCUT2D eigenvalue weighted by molar-refractivity contribution is 0.0522. The van der Waals surface area contributed by atoms with Crippen molar-refractivity contribution in [2.24, 2.45) is 0 Å². The lowest BCUT2D eigenvalue weighted by Gasteiger charge is -2.21. The molecule has 2 rings (SSSR count). The smallest absolute Gasteiger partial charge is 0.407 e. The standard InChI is InChI=1S/C23H30N2O4/c1-6-20(16-11-9-12-18(14-16)28-5)25-21(26)19-13-8-7-10-17(19)15-24-22(27)29-23(2,3)4/h7-14,20H,6,15H2,1-5H3,(H,24,27)(H,25,26)/t20-/m1/s1. The van der Waals surface area contributed by atoms with E-state index in [0.29, 0.717) is 5.56 Å². The molecule has 0 aliphatic rings. The average Bonchev–Trinajstić information content (AvgIpc) is 2.69. The van der Waals surface area contributed by atoms with E-state index in [9.17, 15) is 9.59 Å². The number of amides is 2. The summed E-state index contributed by atoms with van der Waals surface area (Å²) in [5.41, 5.74) is 1.64. The summed E-state index contributed by atoms with van der Waals surface area (Å²) in [6.45, 7) is 7.63. The van der Waals surface area contributed by atoms with Gasteiger partial charge in [-0.2, -0.15) is 0 Å². The number of benzene rings is 2. The lowest BCUT2D eigenvalue weighted by Crippen LogP contribution is -2.33. The first kappa shape index (κ1) is 22.3. The third-order valence-corrected chi connectivity index (χ3v) is 4.29. The Hall–Kier alpha value is -3.02. The fourth-order valence-electron chi connectivity index (χ4n) is 2.89. The Bertz CT molecular complexity index is 843. The number of nitrogens with one attached hydrogen (secondary N) is 2. The number of carbonyl (C=O) groups is 2. The quantitative estimate of drug-likeness (QED) is 0.715. The van der Waals surface area contributed by atoms with Crippen molar-refractivity contribution < 1.29 is 19.1 Å². The van der Waals surface area contributed by atoms with E-state index >= 15 is 0 Å². The Morgan fingerprint density at radius 3 is 2.45 bits per heavy atom. The Morgan fingerprint density at radius 1 is 1.07 bits per heavy atom. The molecule has 6 heteroatoms.